The second-order valence-corrected chi connectivity index (χ2v) is 4.50. The number of aromatic hydroxyl groups is 1. The number of carboxylic acids is 2. The summed E-state index contributed by atoms with van der Waals surface area (Å²) in [7, 11) is 0. The first kappa shape index (κ1) is 18.3. The average molecular weight is 334 g/mol. The summed E-state index contributed by atoms with van der Waals surface area (Å²) >= 11 is 0. The molecular weight excluding hydrogens is 321 g/mol. The SMILES string of the molecule is NC(Cc1c[nH]c2cc(O)ccc12)C(=O)O.O=C(O)C(F)(F)F. The van der Waals surface area contributed by atoms with E-state index < -0.39 is 24.2 Å². The fourth-order valence-corrected chi connectivity index (χ4v) is 1.67. The molecule has 2 rings (SSSR count). The van der Waals surface area contributed by atoms with Crippen molar-refractivity contribution in [1.82, 2.24) is 4.98 Å². The van der Waals surface area contributed by atoms with Crippen molar-refractivity contribution < 1.29 is 38.1 Å². The predicted octanol–water partition coefficient (Wildman–Crippen LogP) is 1.46. The Kier molecular flexibility index (Phi) is 5.57. The van der Waals surface area contributed by atoms with E-state index in [4.69, 9.17) is 20.7 Å². The minimum atomic E-state index is -5.08. The van der Waals surface area contributed by atoms with Crippen molar-refractivity contribution in [2.24, 2.45) is 5.73 Å². The van der Waals surface area contributed by atoms with Crippen LogP contribution in [0.3, 0.4) is 0 Å². The quantitative estimate of drug-likeness (QED) is 0.576. The minimum absolute atomic E-state index is 0.170. The third kappa shape index (κ3) is 5.18. The zero-order valence-corrected chi connectivity index (χ0v) is 11.5. The number of carboxylic acid groups (broad SMARTS) is 2. The maximum absolute atomic E-state index is 10.6. The van der Waals surface area contributed by atoms with E-state index >= 15 is 0 Å². The van der Waals surface area contributed by atoms with E-state index in [0.717, 1.165) is 16.5 Å². The number of hydrogen-bond acceptors (Lipinski definition) is 4. The zero-order valence-electron chi connectivity index (χ0n) is 11.5. The summed E-state index contributed by atoms with van der Waals surface area (Å²) in [6.07, 6.45) is -3.10. The number of fused-ring (bicyclic) bond motifs is 1. The number of benzene rings is 1. The Hall–Kier alpha value is -2.75. The lowest BCUT2D eigenvalue weighted by Gasteiger charge is -2.04. The number of halogens is 3. The molecule has 1 unspecified atom stereocenters. The molecule has 1 heterocycles. The molecule has 0 saturated heterocycles. The second kappa shape index (κ2) is 7.01. The number of nitrogens with two attached hydrogens (primary N) is 1. The number of rotatable bonds is 3. The van der Waals surface area contributed by atoms with Crippen LogP contribution in [-0.4, -0.2) is 44.5 Å². The maximum Gasteiger partial charge on any atom is 0.490 e. The monoisotopic (exact) mass is 334 g/mol. The lowest BCUT2D eigenvalue weighted by molar-refractivity contribution is -0.192. The first-order valence-electron chi connectivity index (χ1n) is 6.10. The van der Waals surface area contributed by atoms with Crippen LogP contribution in [0.1, 0.15) is 5.56 Å². The Morgan fingerprint density at radius 2 is 1.83 bits per heavy atom. The number of nitrogens with one attached hydrogen (secondary N) is 1. The van der Waals surface area contributed by atoms with Crippen molar-refractivity contribution >= 4 is 22.8 Å². The van der Waals surface area contributed by atoms with Crippen LogP contribution in [0.5, 0.6) is 5.75 Å². The Balaban J connectivity index is 0.000000322. The molecule has 0 fully saturated rings. The molecule has 1 aromatic heterocycles. The van der Waals surface area contributed by atoms with Crippen LogP contribution in [0, 0.1) is 0 Å². The molecule has 0 saturated carbocycles. The number of hydrogen-bond donors (Lipinski definition) is 5. The molecule has 0 spiro atoms. The van der Waals surface area contributed by atoms with Gasteiger partial charge < -0.3 is 26.0 Å². The Morgan fingerprint density at radius 1 is 1.26 bits per heavy atom. The fourth-order valence-electron chi connectivity index (χ4n) is 1.67. The summed E-state index contributed by atoms with van der Waals surface area (Å²) in [5.41, 5.74) is 7.07. The van der Waals surface area contributed by atoms with Crippen LogP contribution in [0.15, 0.2) is 24.4 Å². The van der Waals surface area contributed by atoms with E-state index in [2.05, 4.69) is 4.98 Å². The highest BCUT2D eigenvalue weighted by Crippen LogP contribution is 2.23. The molecule has 126 valence electrons. The van der Waals surface area contributed by atoms with E-state index in [-0.39, 0.29) is 12.2 Å². The van der Waals surface area contributed by atoms with Crippen LogP contribution in [0.25, 0.3) is 10.9 Å². The van der Waals surface area contributed by atoms with Gasteiger partial charge in [0.05, 0.1) is 0 Å². The van der Waals surface area contributed by atoms with Gasteiger partial charge in [0.2, 0.25) is 0 Å². The first-order chi connectivity index (χ1) is 10.5. The molecule has 1 atom stereocenters. The summed E-state index contributed by atoms with van der Waals surface area (Å²) < 4.78 is 31.7. The van der Waals surface area contributed by atoms with Gasteiger partial charge in [0.15, 0.2) is 0 Å². The third-order valence-electron chi connectivity index (χ3n) is 2.75. The molecule has 7 nitrogen and oxygen atoms in total. The second-order valence-electron chi connectivity index (χ2n) is 4.50. The van der Waals surface area contributed by atoms with Gasteiger partial charge in [0.1, 0.15) is 11.8 Å². The van der Waals surface area contributed by atoms with Crippen LogP contribution in [-0.2, 0) is 16.0 Å². The van der Waals surface area contributed by atoms with Gasteiger partial charge in [-0.3, -0.25) is 4.79 Å². The molecule has 0 bridgehead atoms. The Bertz CT molecular complexity index is 711. The molecule has 0 amide bonds. The van der Waals surface area contributed by atoms with Gasteiger partial charge in [-0.25, -0.2) is 4.79 Å². The molecule has 0 radical (unpaired) electrons. The number of aromatic nitrogens is 1. The van der Waals surface area contributed by atoms with Crippen molar-refractivity contribution in [3.05, 3.63) is 30.0 Å². The van der Waals surface area contributed by atoms with E-state index in [9.17, 15) is 23.1 Å². The molecule has 23 heavy (non-hydrogen) atoms. The molecule has 0 aliphatic heterocycles. The molecule has 6 N–H and O–H groups in total. The molecule has 10 heteroatoms. The first-order valence-corrected chi connectivity index (χ1v) is 6.10. The summed E-state index contributed by atoms with van der Waals surface area (Å²) in [6, 6.07) is 3.98. The summed E-state index contributed by atoms with van der Waals surface area (Å²) in [6.45, 7) is 0. The van der Waals surface area contributed by atoms with E-state index in [1.807, 2.05) is 0 Å². The standard InChI is InChI=1S/C11H12N2O3.C2HF3O2/c12-9(11(15)16)3-6-5-13-10-4-7(14)1-2-8(6)10;3-2(4,5)1(6)7/h1-2,4-5,9,13-14H,3,12H2,(H,15,16);(H,6,7). The predicted molar refractivity (Wildman–Crippen MR) is 73.0 cm³/mol. The summed E-state index contributed by atoms with van der Waals surface area (Å²) in [4.78, 5) is 22.5. The maximum atomic E-state index is 10.6. The van der Waals surface area contributed by atoms with Crippen molar-refractivity contribution in [2.75, 3.05) is 0 Å². The van der Waals surface area contributed by atoms with E-state index in [0.29, 0.717) is 0 Å². The van der Waals surface area contributed by atoms with Gasteiger partial charge >= 0.3 is 18.1 Å². The molecule has 2 aromatic rings. The minimum Gasteiger partial charge on any atom is -0.508 e. The van der Waals surface area contributed by atoms with Gasteiger partial charge in [-0.15, -0.1) is 0 Å². The molecule has 0 aliphatic carbocycles. The number of phenols is 1. The average Bonchev–Trinajstić information content (AvgIpc) is 2.80. The van der Waals surface area contributed by atoms with Crippen molar-refractivity contribution in [3.8, 4) is 5.75 Å². The lowest BCUT2D eigenvalue weighted by Crippen LogP contribution is -2.32. The highest BCUT2D eigenvalue weighted by Gasteiger charge is 2.38. The van der Waals surface area contributed by atoms with Crippen molar-refractivity contribution in [3.63, 3.8) is 0 Å². The Labute approximate surface area is 127 Å². The third-order valence-corrected chi connectivity index (χ3v) is 2.75. The largest absolute Gasteiger partial charge is 0.508 e. The summed E-state index contributed by atoms with van der Waals surface area (Å²) in [5.74, 6) is -3.61. The van der Waals surface area contributed by atoms with Crippen LogP contribution >= 0.6 is 0 Å². The zero-order chi connectivity index (χ0) is 17.8. The number of aliphatic carboxylic acids is 2. The number of aromatic amines is 1. The van der Waals surface area contributed by atoms with Gasteiger partial charge in [0.25, 0.3) is 0 Å². The summed E-state index contributed by atoms with van der Waals surface area (Å²) in [5, 5.41) is 26.0. The number of alkyl halides is 3. The number of H-pyrrole nitrogens is 1. The van der Waals surface area contributed by atoms with E-state index in [1.165, 1.54) is 0 Å². The number of carbonyl (C=O) groups is 2. The van der Waals surface area contributed by atoms with Crippen molar-refractivity contribution in [1.29, 1.82) is 0 Å². The molecule has 1 aromatic carbocycles. The molecule has 0 aliphatic rings. The van der Waals surface area contributed by atoms with Gasteiger partial charge in [0, 0.05) is 29.6 Å². The van der Waals surface area contributed by atoms with Crippen LogP contribution < -0.4 is 5.73 Å². The van der Waals surface area contributed by atoms with Crippen LogP contribution in [0.4, 0.5) is 13.2 Å². The highest BCUT2D eigenvalue weighted by atomic mass is 19.4. The highest BCUT2D eigenvalue weighted by molar-refractivity contribution is 5.85. The van der Waals surface area contributed by atoms with Crippen molar-refractivity contribution in [2.45, 2.75) is 18.6 Å². The normalized spacial score (nSPS) is 12.3. The van der Waals surface area contributed by atoms with Gasteiger partial charge in [-0.2, -0.15) is 13.2 Å². The van der Waals surface area contributed by atoms with Gasteiger partial charge in [-0.05, 0) is 17.7 Å². The molecular formula is C13H13F3N2O5. The lowest BCUT2D eigenvalue weighted by atomic mass is 10.1. The van der Waals surface area contributed by atoms with Gasteiger partial charge in [-0.1, -0.05) is 0 Å². The smallest absolute Gasteiger partial charge is 0.490 e. The topological polar surface area (TPSA) is 137 Å². The van der Waals surface area contributed by atoms with E-state index in [1.54, 1.807) is 24.4 Å². The fraction of sp³-hybridized carbons (Fsp3) is 0.231. The number of phenolic OH excluding ortho intramolecular Hbond substituents is 1. The van der Waals surface area contributed by atoms with Crippen LogP contribution in [0.2, 0.25) is 0 Å². The Morgan fingerprint density at radius 3 is 2.30 bits per heavy atom.